The minimum Gasteiger partial charge on any atom is -0.256 e. The zero-order valence-corrected chi connectivity index (χ0v) is 21.6. The van der Waals surface area contributed by atoms with Crippen LogP contribution < -0.4 is 0 Å². The topological polar surface area (TPSA) is 25.8 Å². The van der Waals surface area contributed by atoms with Crippen molar-refractivity contribution in [3.05, 3.63) is 134 Å². The number of rotatable bonds is 2. The molecule has 0 radical (unpaired) electrons. The van der Waals surface area contributed by atoms with Gasteiger partial charge in [0.05, 0.1) is 11.4 Å². The SMILES string of the molecule is c1ccc(-c2cc3c4cc5c(cc4c(-c4ccccn4)cc3c3ccccc23)-c2cccc3cccc-5c23)nc1. The Morgan fingerprint density at radius 2 is 0.825 bits per heavy atom. The maximum absolute atomic E-state index is 4.81. The van der Waals surface area contributed by atoms with Gasteiger partial charge in [-0.25, -0.2) is 0 Å². The molecule has 9 rings (SSSR count). The number of hydrogen-bond donors (Lipinski definition) is 0. The van der Waals surface area contributed by atoms with Gasteiger partial charge in [0, 0.05) is 23.5 Å². The van der Waals surface area contributed by atoms with E-state index in [0.29, 0.717) is 0 Å². The van der Waals surface area contributed by atoms with Gasteiger partial charge >= 0.3 is 0 Å². The fourth-order valence-electron chi connectivity index (χ4n) is 6.75. The summed E-state index contributed by atoms with van der Waals surface area (Å²) >= 11 is 0. The van der Waals surface area contributed by atoms with Crippen molar-refractivity contribution in [3.63, 3.8) is 0 Å². The molecule has 0 atom stereocenters. The van der Waals surface area contributed by atoms with Crippen LogP contribution in [0.25, 0.3) is 87.9 Å². The van der Waals surface area contributed by atoms with E-state index in [-0.39, 0.29) is 0 Å². The lowest BCUT2D eigenvalue weighted by molar-refractivity contribution is 1.33. The third kappa shape index (κ3) is 2.93. The molecule has 1 aliphatic carbocycles. The lowest BCUT2D eigenvalue weighted by Crippen LogP contribution is -1.92. The van der Waals surface area contributed by atoms with E-state index < -0.39 is 0 Å². The number of pyridine rings is 2. The van der Waals surface area contributed by atoms with Crippen LogP contribution in [-0.4, -0.2) is 9.97 Å². The van der Waals surface area contributed by atoms with Crippen LogP contribution in [0.1, 0.15) is 0 Å². The van der Waals surface area contributed by atoms with Gasteiger partial charge in [-0.05, 0) is 114 Å². The summed E-state index contributed by atoms with van der Waals surface area (Å²) in [5.41, 5.74) is 9.50. The van der Waals surface area contributed by atoms with Gasteiger partial charge in [-0.1, -0.05) is 72.8 Å². The van der Waals surface area contributed by atoms with E-state index in [1.165, 1.54) is 65.3 Å². The number of fused-ring (bicyclic) bond motifs is 8. The van der Waals surface area contributed by atoms with E-state index in [2.05, 4.69) is 109 Å². The van der Waals surface area contributed by atoms with E-state index in [0.717, 1.165) is 22.5 Å². The van der Waals surface area contributed by atoms with Crippen LogP contribution in [-0.2, 0) is 0 Å². The lowest BCUT2D eigenvalue weighted by atomic mass is 9.87. The van der Waals surface area contributed by atoms with Crippen LogP contribution in [0.3, 0.4) is 0 Å². The molecule has 0 saturated heterocycles. The highest BCUT2D eigenvalue weighted by atomic mass is 14.7. The first-order valence-corrected chi connectivity index (χ1v) is 13.7. The average Bonchev–Trinajstić information content (AvgIpc) is 3.34. The van der Waals surface area contributed by atoms with Crippen molar-refractivity contribution < 1.29 is 0 Å². The largest absolute Gasteiger partial charge is 0.256 e. The molecule has 1 aliphatic rings. The Morgan fingerprint density at radius 3 is 1.45 bits per heavy atom. The van der Waals surface area contributed by atoms with Gasteiger partial charge < -0.3 is 0 Å². The number of aromatic nitrogens is 2. The third-order valence-electron chi connectivity index (χ3n) is 8.48. The monoisotopic (exact) mass is 506 g/mol. The number of nitrogens with zero attached hydrogens (tertiary/aromatic N) is 2. The Balaban J connectivity index is 1.49. The van der Waals surface area contributed by atoms with Crippen LogP contribution in [0.2, 0.25) is 0 Å². The van der Waals surface area contributed by atoms with Crippen LogP contribution in [0.15, 0.2) is 134 Å². The van der Waals surface area contributed by atoms with Crippen molar-refractivity contribution in [1.29, 1.82) is 0 Å². The van der Waals surface area contributed by atoms with E-state index in [1.54, 1.807) is 0 Å². The Morgan fingerprint density at radius 1 is 0.325 bits per heavy atom. The molecule has 40 heavy (non-hydrogen) atoms. The highest BCUT2D eigenvalue weighted by molar-refractivity contribution is 6.26. The predicted octanol–water partition coefficient (Wildman–Crippen LogP) is 10.1. The second-order valence-corrected chi connectivity index (χ2v) is 10.6. The summed E-state index contributed by atoms with van der Waals surface area (Å²) < 4.78 is 0. The number of benzene rings is 6. The van der Waals surface area contributed by atoms with Gasteiger partial charge in [-0.3, -0.25) is 9.97 Å². The van der Waals surface area contributed by atoms with Crippen LogP contribution in [0.4, 0.5) is 0 Å². The van der Waals surface area contributed by atoms with E-state index in [4.69, 9.17) is 9.97 Å². The molecule has 2 aromatic heterocycles. The molecule has 2 heteroatoms. The average molecular weight is 507 g/mol. The highest BCUT2D eigenvalue weighted by Gasteiger charge is 2.24. The van der Waals surface area contributed by atoms with Gasteiger partial charge in [-0.2, -0.15) is 0 Å². The molecule has 0 unspecified atom stereocenters. The fourth-order valence-corrected chi connectivity index (χ4v) is 6.75. The van der Waals surface area contributed by atoms with E-state index >= 15 is 0 Å². The molecular weight excluding hydrogens is 484 g/mol. The Kier molecular flexibility index (Phi) is 4.36. The van der Waals surface area contributed by atoms with Crippen molar-refractivity contribution in [2.24, 2.45) is 0 Å². The van der Waals surface area contributed by atoms with Crippen molar-refractivity contribution in [1.82, 2.24) is 9.97 Å². The summed E-state index contributed by atoms with van der Waals surface area (Å²) in [5, 5.41) is 10.00. The minimum absolute atomic E-state index is 0.987. The van der Waals surface area contributed by atoms with Gasteiger partial charge in [0.1, 0.15) is 0 Å². The summed E-state index contributed by atoms with van der Waals surface area (Å²) in [6.45, 7) is 0. The summed E-state index contributed by atoms with van der Waals surface area (Å²) in [4.78, 5) is 9.56. The van der Waals surface area contributed by atoms with Crippen molar-refractivity contribution in [3.8, 4) is 44.8 Å². The summed E-state index contributed by atoms with van der Waals surface area (Å²) in [7, 11) is 0. The number of hydrogen-bond acceptors (Lipinski definition) is 2. The Bertz CT molecular complexity index is 2300. The summed E-state index contributed by atoms with van der Waals surface area (Å²) in [6.07, 6.45) is 3.76. The fraction of sp³-hybridized carbons (Fsp3) is 0. The zero-order chi connectivity index (χ0) is 26.2. The molecule has 0 spiro atoms. The van der Waals surface area contributed by atoms with Gasteiger partial charge in [0.15, 0.2) is 0 Å². The zero-order valence-electron chi connectivity index (χ0n) is 21.6. The summed E-state index contributed by atoms with van der Waals surface area (Å²) in [6, 6.07) is 43.8. The Hall–Kier alpha value is -5.34. The second kappa shape index (κ2) is 8.08. The molecular formula is C38H22N2. The maximum Gasteiger partial charge on any atom is 0.0708 e. The van der Waals surface area contributed by atoms with Crippen molar-refractivity contribution in [2.45, 2.75) is 0 Å². The standard InChI is InChI=1S/C38H22N2/c1-2-12-25-24(11-1)28-21-35(37-16-4-6-18-40-37)33-20-30-27-14-8-10-23-9-7-13-26(38(23)27)29(30)19-31(33)32(28)22-34(25)36-15-3-5-17-39-36/h1-22H. The molecule has 0 bridgehead atoms. The molecule has 184 valence electrons. The first-order chi connectivity index (χ1) is 19.8. The molecule has 0 fully saturated rings. The molecule has 0 N–H and O–H groups in total. The maximum atomic E-state index is 4.81. The van der Waals surface area contributed by atoms with Crippen LogP contribution >= 0.6 is 0 Å². The third-order valence-corrected chi connectivity index (χ3v) is 8.48. The normalized spacial score (nSPS) is 12.0. The van der Waals surface area contributed by atoms with Crippen LogP contribution in [0.5, 0.6) is 0 Å². The van der Waals surface area contributed by atoms with Crippen molar-refractivity contribution >= 4 is 43.1 Å². The first kappa shape index (κ1) is 21.6. The van der Waals surface area contributed by atoms with E-state index in [1.807, 2.05) is 24.5 Å². The van der Waals surface area contributed by atoms with Gasteiger partial charge in [-0.15, -0.1) is 0 Å². The molecule has 2 heterocycles. The van der Waals surface area contributed by atoms with Gasteiger partial charge in [0.2, 0.25) is 0 Å². The molecule has 0 amide bonds. The smallest absolute Gasteiger partial charge is 0.0708 e. The highest BCUT2D eigenvalue weighted by Crippen LogP contribution is 2.51. The molecule has 0 aliphatic heterocycles. The van der Waals surface area contributed by atoms with Gasteiger partial charge in [0.25, 0.3) is 0 Å². The molecule has 2 nitrogen and oxygen atoms in total. The molecule has 6 aromatic carbocycles. The van der Waals surface area contributed by atoms with Crippen molar-refractivity contribution in [2.75, 3.05) is 0 Å². The first-order valence-electron chi connectivity index (χ1n) is 13.7. The molecule has 8 aromatic rings. The molecule has 0 saturated carbocycles. The minimum atomic E-state index is 0.987. The predicted molar refractivity (Wildman–Crippen MR) is 167 cm³/mol. The Labute approximate surface area is 231 Å². The lowest BCUT2D eigenvalue weighted by Gasteiger charge is -2.17. The van der Waals surface area contributed by atoms with E-state index in [9.17, 15) is 0 Å². The van der Waals surface area contributed by atoms with Crippen LogP contribution in [0, 0.1) is 0 Å². The second-order valence-electron chi connectivity index (χ2n) is 10.6. The quantitative estimate of drug-likeness (QED) is 0.218. The summed E-state index contributed by atoms with van der Waals surface area (Å²) in [5.74, 6) is 0.